The molecule has 0 atom stereocenters. The first-order valence-electron chi connectivity index (χ1n) is 5.20. The molecular weight excluding hydrogens is 218 g/mol. The molecule has 5 heteroatoms. The number of nitrogens with zero attached hydrogens (tertiary/aromatic N) is 1. The van der Waals surface area contributed by atoms with Crippen LogP contribution in [0, 0.1) is 6.92 Å². The minimum atomic E-state index is -0.969. The zero-order valence-corrected chi connectivity index (χ0v) is 9.61. The summed E-state index contributed by atoms with van der Waals surface area (Å²) in [6, 6.07) is 7.44. The van der Waals surface area contributed by atoms with Gasteiger partial charge in [-0.1, -0.05) is 12.1 Å². The highest BCUT2D eigenvalue weighted by Gasteiger charge is 2.18. The number of aryl methyl sites for hydroxylation is 1. The van der Waals surface area contributed by atoms with E-state index in [-0.39, 0.29) is 5.56 Å². The lowest BCUT2D eigenvalue weighted by atomic mass is 10.1. The van der Waals surface area contributed by atoms with Crippen LogP contribution in [0.1, 0.15) is 16.1 Å². The van der Waals surface area contributed by atoms with Crippen molar-refractivity contribution in [3.63, 3.8) is 0 Å². The number of benzene rings is 1. The van der Waals surface area contributed by atoms with E-state index in [2.05, 4.69) is 15.5 Å². The van der Waals surface area contributed by atoms with Crippen molar-refractivity contribution < 1.29 is 9.90 Å². The van der Waals surface area contributed by atoms with Crippen LogP contribution in [0.15, 0.2) is 24.3 Å². The van der Waals surface area contributed by atoms with Gasteiger partial charge in [-0.3, -0.25) is 5.10 Å². The van der Waals surface area contributed by atoms with Gasteiger partial charge in [-0.05, 0) is 19.1 Å². The summed E-state index contributed by atoms with van der Waals surface area (Å²) >= 11 is 0. The van der Waals surface area contributed by atoms with Gasteiger partial charge in [0.2, 0.25) is 0 Å². The van der Waals surface area contributed by atoms with Crippen molar-refractivity contribution in [3.05, 3.63) is 35.5 Å². The number of rotatable bonds is 3. The fourth-order valence-electron chi connectivity index (χ4n) is 1.69. The van der Waals surface area contributed by atoms with Gasteiger partial charge in [0.25, 0.3) is 0 Å². The summed E-state index contributed by atoms with van der Waals surface area (Å²) < 4.78 is 0. The van der Waals surface area contributed by atoms with Crippen LogP contribution in [0.5, 0.6) is 0 Å². The Bertz CT molecular complexity index is 543. The lowest BCUT2D eigenvalue weighted by Gasteiger charge is -2.02. The Kier molecular flexibility index (Phi) is 2.82. The summed E-state index contributed by atoms with van der Waals surface area (Å²) in [5, 5.41) is 18.9. The van der Waals surface area contributed by atoms with Gasteiger partial charge in [0.15, 0.2) is 0 Å². The third-order valence-corrected chi connectivity index (χ3v) is 2.61. The van der Waals surface area contributed by atoms with E-state index in [1.807, 2.05) is 31.3 Å². The molecule has 88 valence electrons. The van der Waals surface area contributed by atoms with Crippen LogP contribution in [0.4, 0.5) is 5.69 Å². The second kappa shape index (κ2) is 4.29. The summed E-state index contributed by atoms with van der Waals surface area (Å²) in [6.07, 6.45) is 0. The highest BCUT2D eigenvalue weighted by molar-refractivity contribution is 5.96. The SMILES string of the molecule is CNc1ccc(-c2n[nH]c(C)c2C(=O)O)cc1. The Morgan fingerprint density at radius 1 is 1.35 bits per heavy atom. The van der Waals surface area contributed by atoms with Gasteiger partial charge in [-0.25, -0.2) is 4.79 Å². The number of H-pyrrole nitrogens is 1. The topological polar surface area (TPSA) is 78.0 Å². The molecule has 0 radical (unpaired) electrons. The van der Waals surface area contributed by atoms with E-state index in [1.54, 1.807) is 6.92 Å². The number of hydrogen-bond acceptors (Lipinski definition) is 3. The summed E-state index contributed by atoms with van der Waals surface area (Å²) in [7, 11) is 1.83. The number of carboxylic acids is 1. The predicted molar refractivity (Wildman–Crippen MR) is 65.3 cm³/mol. The van der Waals surface area contributed by atoms with Crippen molar-refractivity contribution in [2.45, 2.75) is 6.92 Å². The number of nitrogens with one attached hydrogen (secondary N) is 2. The number of aromatic carboxylic acids is 1. The average molecular weight is 231 g/mol. The third-order valence-electron chi connectivity index (χ3n) is 2.61. The molecule has 0 aliphatic heterocycles. The fraction of sp³-hybridized carbons (Fsp3) is 0.167. The molecule has 1 aromatic heterocycles. The van der Waals surface area contributed by atoms with Crippen LogP contribution in [0.25, 0.3) is 11.3 Å². The van der Waals surface area contributed by atoms with E-state index >= 15 is 0 Å². The normalized spacial score (nSPS) is 10.2. The molecule has 0 aliphatic carbocycles. The summed E-state index contributed by atoms with van der Waals surface area (Å²) in [4.78, 5) is 11.1. The van der Waals surface area contributed by atoms with Crippen molar-refractivity contribution in [2.24, 2.45) is 0 Å². The Balaban J connectivity index is 2.49. The number of aromatic amines is 1. The van der Waals surface area contributed by atoms with Gasteiger partial charge in [-0.15, -0.1) is 0 Å². The number of carboxylic acid groups (broad SMARTS) is 1. The van der Waals surface area contributed by atoms with Crippen molar-refractivity contribution >= 4 is 11.7 Å². The molecule has 0 saturated carbocycles. The highest BCUT2D eigenvalue weighted by atomic mass is 16.4. The van der Waals surface area contributed by atoms with E-state index in [4.69, 9.17) is 5.11 Å². The van der Waals surface area contributed by atoms with E-state index in [9.17, 15) is 4.79 Å². The van der Waals surface area contributed by atoms with Gasteiger partial charge >= 0.3 is 5.97 Å². The highest BCUT2D eigenvalue weighted by Crippen LogP contribution is 2.24. The molecule has 0 bridgehead atoms. The molecule has 2 rings (SSSR count). The van der Waals surface area contributed by atoms with Gasteiger partial charge in [-0.2, -0.15) is 5.10 Å². The smallest absolute Gasteiger partial charge is 0.339 e. The summed E-state index contributed by atoms with van der Waals surface area (Å²) in [6.45, 7) is 1.70. The van der Waals surface area contributed by atoms with E-state index in [0.717, 1.165) is 11.3 Å². The molecule has 5 nitrogen and oxygen atoms in total. The van der Waals surface area contributed by atoms with Gasteiger partial charge in [0.05, 0.1) is 0 Å². The van der Waals surface area contributed by atoms with E-state index in [1.165, 1.54) is 0 Å². The fourth-order valence-corrected chi connectivity index (χ4v) is 1.69. The van der Waals surface area contributed by atoms with Crippen molar-refractivity contribution in [1.82, 2.24) is 10.2 Å². The van der Waals surface area contributed by atoms with Gasteiger partial charge in [0, 0.05) is 24.0 Å². The van der Waals surface area contributed by atoms with Crippen LogP contribution < -0.4 is 5.32 Å². The van der Waals surface area contributed by atoms with Crippen molar-refractivity contribution in [1.29, 1.82) is 0 Å². The number of carbonyl (C=O) groups is 1. The molecule has 0 fully saturated rings. The van der Waals surface area contributed by atoms with Crippen LogP contribution in [-0.2, 0) is 0 Å². The van der Waals surface area contributed by atoms with Gasteiger partial charge in [0.1, 0.15) is 11.3 Å². The van der Waals surface area contributed by atoms with Crippen LogP contribution >= 0.6 is 0 Å². The lowest BCUT2D eigenvalue weighted by Crippen LogP contribution is -1.99. The minimum absolute atomic E-state index is 0.224. The first-order valence-corrected chi connectivity index (χ1v) is 5.20. The molecule has 3 N–H and O–H groups in total. The molecule has 1 aromatic carbocycles. The van der Waals surface area contributed by atoms with Crippen molar-refractivity contribution in [3.8, 4) is 11.3 Å². The minimum Gasteiger partial charge on any atom is -0.478 e. The first kappa shape index (κ1) is 11.2. The maximum atomic E-state index is 11.1. The number of hydrogen-bond donors (Lipinski definition) is 3. The Hall–Kier alpha value is -2.30. The van der Waals surface area contributed by atoms with Crippen LogP contribution in [-0.4, -0.2) is 28.3 Å². The number of anilines is 1. The predicted octanol–water partition coefficient (Wildman–Crippen LogP) is 2.13. The molecule has 1 heterocycles. The van der Waals surface area contributed by atoms with E-state index in [0.29, 0.717) is 11.4 Å². The second-order valence-corrected chi connectivity index (χ2v) is 3.70. The van der Waals surface area contributed by atoms with E-state index < -0.39 is 5.97 Å². The zero-order chi connectivity index (χ0) is 12.4. The molecule has 0 aliphatic rings. The lowest BCUT2D eigenvalue weighted by molar-refractivity contribution is 0.0697. The third kappa shape index (κ3) is 1.99. The zero-order valence-electron chi connectivity index (χ0n) is 9.61. The van der Waals surface area contributed by atoms with Gasteiger partial charge < -0.3 is 10.4 Å². The largest absolute Gasteiger partial charge is 0.478 e. The number of aromatic nitrogens is 2. The Labute approximate surface area is 98.5 Å². The summed E-state index contributed by atoms with van der Waals surface area (Å²) in [5.41, 5.74) is 3.01. The molecule has 2 aromatic rings. The molecule has 0 saturated heterocycles. The quantitative estimate of drug-likeness (QED) is 0.756. The van der Waals surface area contributed by atoms with Crippen LogP contribution in [0.3, 0.4) is 0 Å². The molecule has 17 heavy (non-hydrogen) atoms. The second-order valence-electron chi connectivity index (χ2n) is 3.70. The first-order chi connectivity index (χ1) is 8.13. The monoisotopic (exact) mass is 231 g/mol. The molecule has 0 spiro atoms. The molecular formula is C12H13N3O2. The molecule has 0 amide bonds. The Morgan fingerprint density at radius 2 is 2.00 bits per heavy atom. The average Bonchev–Trinajstić information content (AvgIpc) is 2.71. The molecule has 0 unspecified atom stereocenters. The van der Waals surface area contributed by atoms with Crippen molar-refractivity contribution in [2.75, 3.05) is 12.4 Å². The standard InChI is InChI=1S/C12H13N3O2/c1-7-10(12(16)17)11(15-14-7)8-3-5-9(13-2)6-4-8/h3-6,13H,1-2H3,(H,14,15)(H,16,17). The maximum absolute atomic E-state index is 11.1. The summed E-state index contributed by atoms with van der Waals surface area (Å²) in [5.74, 6) is -0.969. The van der Waals surface area contributed by atoms with Crippen LogP contribution in [0.2, 0.25) is 0 Å². The maximum Gasteiger partial charge on any atom is 0.339 e. The Morgan fingerprint density at radius 3 is 2.53 bits per heavy atom.